The van der Waals surface area contributed by atoms with Crippen LogP contribution in [0.3, 0.4) is 0 Å². The highest BCUT2D eigenvalue weighted by molar-refractivity contribution is 6.93. The van der Waals surface area contributed by atoms with Crippen LogP contribution in [0.4, 0.5) is 11.4 Å². The fourth-order valence-electron chi connectivity index (χ4n) is 10.6. The molecule has 4 heterocycles. The smallest absolute Gasteiger partial charge is 0.333 e. The largest absolute Gasteiger partial charge is 0.436 e. The zero-order chi connectivity index (χ0) is 40.3. The van der Waals surface area contributed by atoms with Gasteiger partial charge in [-0.15, -0.1) is 0 Å². The first-order valence-electron chi connectivity index (χ1n) is 21.1. The van der Waals surface area contributed by atoms with Crippen LogP contribution in [-0.4, -0.2) is 16.4 Å². The van der Waals surface area contributed by atoms with Gasteiger partial charge >= 0.3 is 6.85 Å². The molecule has 2 aromatic heterocycles. The lowest BCUT2D eigenvalue weighted by molar-refractivity contribution is 0.590. The van der Waals surface area contributed by atoms with Gasteiger partial charge in [-0.3, -0.25) is 0 Å². The average molecular weight is 764 g/mol. The van der Waals surface area contributed by atoms with Gasteiger partial charge in [-0.2, -0.15) is 0 Å². The van der Waals surface area contributed by atoms with Crippen molar-refractivity contribution < 1.29 is 4.42 Å². The van der Waals surface area contributed by atoms with Crippen molar-refractivity contribution in [2.75, 3.05) is 4.81 Å². The molecule has 5 heteroatoms. The minimum atomic E-state index is -0.112. The van der Waals surface area contributed by atoms with E-state index in [0.29, 0.717) is 5.89 Å². The normalized spacial score (nSPS) is 14.8. The molecule has 12 rings (SSSR count). The summed E-state index contributed by atoms with van der Waals surface area (Å²) in [6.45, 7) is 18.5. The fourth-order valence-corrected chi connectivity index (χ4v) is 10.6. The number of nitrogens with zero attached hydrogens (tertiary/aromatic N) is 3. The molecule has 59 heavy (non-hydrogen) atoms. The Hall–Kier alpha value is -6.33. The van der Waals surface area contributed by atoms with Gasteiger partial charge in [0.05, 0.1) is 11.0 Å². The standard InChI is InChI=1S/C54H46BN3O/c1-52(2,3)32-18-21-34(22-19-32)58-45-25-20-33(53(4,5)6)26-39(45)36-23-24-37-40-27-42-38(35-16-12-13-17-41(35)54(42,7)8)28-46(40)57-47-30-48-44(29-43(47)55(58)49(36)50(37)57)56-51(59-48)31-14-10-9-11-15-31/h9-30H,1-8H3. The topological polar surface area (TPSA) is 34.2 Å². The van der Waals surface area contributed by atoms with Gasteiger partial charge in [0.1, 0.15) is 5.52 Å². The zero-order valence-corrected chi connectivity index (χ0v) is 35.0. The monoisotopic (exact) mass is 763 g/mol. The second kappa shape index (κ2) is 11.4. The minimum absolute atomic E-state index is 0.00737. The van der Waals surface area contributed by atoms with Crippen LogP contribution in [0.15, 0.2) is 138 Å². The molecule has 9 aromatic rings. The van der Waals surface area contributed by atoms with Crippen molar-refractivity contribution in [1.82, 2.24) is 9.55 Å². The van der Waals surface area contributed by atoms with E-state index in [1.807, 2.05) is 18.2 Å². The van der Waals surface area contributed by atoms with Gasteiger partial charge in [0.2, 0.25) is 5.89 Å². The Morgan fingerprint density at radius 1 is 0.593 bits per heavy atom. The fraction of sp³-hybridized carbons (Fsp3) is 0.204. The third-order valence-electron chi connectivity index (χ3n) is 13.7. The van der Waals surface area contributed by atoms with E-state index < -0.39 is 0 Å². The Balaban J connectivity index is 1.22. The Bertz CT molecular complexity index is 3260. The molecule has 286 valence electrons. The number of hydrogen-bond donors (Lipinski definition) is 0. The van der Waals surface area contributed by atoms with E-state index in [9.17, 15) is 0 Å². The molecule has 7 aromatic carbocycles. The van der Waals surface area contributed by atoms with Gasteiger partial charge in [0, 0.05) is 50.4 Å². The highest BCUT2D eigenvalue weighted by Crippen LogP contribution is 2.52. The van der Waals surface area contributed by atoms with Gasteiger partial charge in [0.25, 0.3) is 0 Å². The van der Waals surface area contributed by atoms with Crippen molar-refractivity contribution >= 4 is 62.1 Å². The van der Waals surface area contributed by atoms with Crippen LogP contribution >= 0.6 is 0 Å². The van der Waals surface area contributed by atoms with E-state index >= 15 is 0 Å². The number of rotatable bonds is 2. The van der Waals surface area contributed by atoms with Crippen molar-refractivity contribution in [2.24, 2.45) is 0 Å². The summed E-state index contributed by atoms with van der Waals surface area (Å²) in [5.74, 6) is 0.638. The summed E-state index contributed by atoms with van der Waals surface area (Å²) in [6.07, 6.45) is 0. The number of oxazole rings is 1. The Morgan fingerprint density at radius 2 is 1.32 bits per heavy atom. The Morgan fingerprint density at radius 3 is 2.08 bits per heavy atom. The molecule has 0 unspecified atom stereocenters. The summed E-state index contributed by atoms with van der Waals surface area (Å²) in [5, 5.41) is 2.57. The molecule has 0 radical (unpaired) electrons. The molecule has 1 aliphatic carbocycles. The molecule has 4 nitrogen and oxygen atoms in total. The van der Waals surface area contributed by atoms with Crippen molar-refractivity contribution in [3.05, 3.63) is 156 Å². The molecule has 0 amide bonds. The van der Waals surface area contributed by atoms with Crippen LogP contribution in [0.25, 0.3) is 72.3 Å². The Labute approximate surface area is 346 Å². The average Bonchev–Trinajstić information content (AvgIpc) is 3.86. The van der Waals surface area contributed by atoms with Crippen LogP contribution in [0.5, 0.6) is 0 Å². The van der Waals surface area contributed by atoms with Crippen molar-refractivity contribution in [3.8, 4) is 39.4 Å². The lowest BCUT2D eigenvalue weighted by Gasteiger charge is -2.42. The molecular formula is C54H46BN3O. The molecular weight excluding hydrogens is 717 g/mol. The van der Waals surface area contributed by atoms with Crippen molar-refractivity contribution in [3.63, 3.8) is 0 Å². The highest BCUT2D eigenvalue weighted by Gasteiger charge is 2.45. The summed E-state index contributed by atoms with van der Waals surface area (Å²) in [4.78, 5) is 7.78. The van der Waals surface area contributed by atoms with Gasteiger partial charge < -0.3 is 13.8 Å². The predicted molar refractivity (Wildman–Crippen MR) is 248 cm³/mol. The first-order chi connectivity index (χ1) is 28.3. The number of anilines is 2. The molecule has 0 atom stereocenters. The third kappa shape index (κ3) is 4.70. The van der Waals surface area contributed by atoms with Crippen LogP contribution < -0.4 is 15.7 Å². The predicted octanol–water partition coefficient (Wildman–Crippen LogP) is 12.7. The lowest BCUT2D eigenvalue weighted by atomic mass is 9.44. The maximum Gasteiger partial charge on any atom is 0.333 e. The molecule has 0 saturated heterocycles. The lowest BCUT2D eigenvalue weighted by Crippen LogP contribution is -2.60. The zero-order valence-electron chi connectivity index (χ0n) is 35.0. The summed E-state index contributed by atoms with van der Waals surface area (Å²) in [5.41, 5.74) is 21.8. The SMILES string of the molecule is CC(C)(C)c1ccc(N2B3c4cc5nc(-c6ccccc6)oc5cc4-n4c5cc6c(cc5c5ccc(c3c54)-c3cc(C(C)(C)C)ccc32)C(C)(C)c2ccccc2-6)cc1. The van der Waals surface area contributed by atoms with E-state index in [2.05, 4.69) is 180 Å². The molecule has 0 bridgehead atoms. The van der Waals surface area contributed by atoms with E-state index in [4.69, 9.17) is 9.40 Å². The summed E-state index contributed by atoms with van der Waals surface area (Å²) in [7, 11) is 0. The number of hydrogen-bond acceptors (Lipinski definition) is 3. The second-order valence-corrected chi connectivity index (χ2v) is 19.7. The van der Waals surface area contributed by atoms with Crippen LogP contribution in [0.2, 0.25) is 0 Å². The third-order valence-corrected chi connectivity index (χ3v) is 13.7. The Kier molecular flexibility index (Phi) is 6.73. The molecule has 0 fully saturated rings. The van der Waals surface area contributed by atoms with E-state index in [-0.39, 0.29) is 23.1 Å². The minimum Gasteiger partial charge on any atom is -0.436 e. The summed E-state index contributed by atoms with van der Waals surface area (Å²) >= 11 is 0. The molecule has 2 aliphatic heterocycles. The van der Waals surface area contributed by atoms with Gasteiger partial charge in [-0.05, 0) is 115 Å². The number of benzene rings is 7. The molecule has 0 spiro atoms. The van der Waals surface area contributed by atoms with Crippen LogP contribution in [0, 0.1) is 0 Å². The van der Waals surface area contributed by atoms with E-state index in [1.54, 1.807) is 0 Å². The quantitative estimate of drug-likeness (QED) is 0.164. The first kappa shape index (κ1) is 34.7. The summed E-state index contributed by atoms with van der Waals surface area (Å²) in [6, 6.07) is 50.1. The molecule has 0 saturated carbocycles. The second-order valence-electron chi connectivity index (χ2n) is 19.7. The van der Waals surface area contributed by atoms with Crippen LogP contribution in [0.1, 0.15) is 77.6 Å². The maximum atomic E-state index is 6.67. The van der Waals surface area contributed by atoms with Gasteiger partial charge in [-0.25, -0.2) is 4.98 Å². The van der Waals surface area contributed by atoms with E-state index in [0.717, 1.165) is 22.4 Å². The maximum absolute atomic E-state index is 6.67. The van der Waals surface area contributed by atoms with Gasteiger partial charge in [-0.1, -0.05) is 128 Å². The van der Waals surface area contributed by atoms with E-state index in [1.165, 1.54) is 88.6 Å². The highest BCUT2D eigenvalue weighted by atomic mass is 16.3. The first-order valence-corrected chi connectivity index (χ1v) is 21.1. The summed E-state index contributed by atoms with van der Waals surface area (Å²) < 4.78 is 9.23. The number of aromatic nitrogens is 2. The van der Waals surface area contributed by atoms with Crippen molar-refractivity contribution in [2.45, 2.75) is 71.6 Å². The molecule has 0 N–H and O–H groups in total. The van der Waals surface area contributed by atoms with Crippen LogP contribution in [-0.2, 0) is 16.2 Å². The number of fused-ring (bicyclic) bond motifs is 12. The van der Waals surface area contributed by atoms with Crippen molar-refractivity contribution in [1.29, 1.82) is 0 Å². The molecule has 3 aliphatic rings. The van der Waals surface area contributed by atoms with Gasteiger partial charge in [0.15, 0.2) is 5.58 Å².